The van der Waals surface area contributed by atoms with Crippen LogP contribution in [0.5, 0.6) is 0 Å². The monoisotopic (exact) mass is 386 g/mol. The number of ether oxygens (including phenoxy) is 1. The first-order chi connectivity index (χ1) is 13.5. The minimum atomic E-state index is -1.27. The van der Waals surface area contributed by atoms with Gasteiger partial charge in [0.15, 0.2) is 35.3 Å². The summed E-state index contributed by atoms with van der Waals surface area (Å²) < 4.78 is 54.0. The third kappa shape index (κ3) is 2.43. The van der Waals surface area contributed by atoms with Gasteiger partial charge in [0.1, 0.15) is 17.1 Å². The van der Waals surface area contributed by atoms with E-state index in [4.69, 9.17) is 9.15 Å². The normalized spacial score (nSPS) is 15.3. The first-order valence-corrected chi connectivity index (χ1v) is 8.51. The van der Waals surface area contributed by atoms with E-state index in [1.807, 2.05) is 0 Å². The van der Waals surface area contributed by atoms with E-state index in [2.05, 4.69) is 15.2 Å². The van der Waals surface area contributed by atoms with Gasteiger partial charge < -0.3 is 9.15 Å². The molecule has 0 bridgehead atoms. The summed E-state index contributed by atoms with van der Waals surface area (Å²) >= 11 is 0. The van der Waals surface area contributed by atoms with E-state index in [0.717, 1.165) is 25.3 Å². The van der Waals surface area contributed by atoms with Crippen LogP contribution in [-0.2, 0) is 10.3 Å². The average molecular weight is 386 g/mol. The van der Waals surface area contributed by atoms with Crippen molar-refractivity contribution in [2.45, 2.75) is 18.4 Å². The molecule has 1 aliphatic rings. The van der Waals surface area contributed by atoms with Gasteiger partial charge in [0, 0.05) is 30.5 Å². The number of rotatable bonds is 4. The summed E-state index contributed by atoms with van der Waals surface area (Å²) in [7, 11) is 1.62. The van der Waals surface area contributed by atoms with Crippen LogP contribution in [0, 0.1) is 17.5 Å². The summed E-state index contributed by atoms with van der Waals surface area (Å²) in [5.74, 6) is -2.49. The van der Waals surface area contributed by atoms with Crippen molar-refractivity contribution in [1.82, 2.24) is 19.6 Å². The molecule has 0 atom stereocenters. The molecule has 28 heavy (non-hydrogen) atoms. The van der Waals surface area contributed by atoms with E-state index in [9.17, 15) is 13.2 Å². The Bertz CT molecular complexity index is 1210. The molecule has 0 spiro atoms. The van der Waals surface area contributed by atoms with Crippen LogP contribution in [0.3, 0.4) is 0 Å². The maximum Gasteiger partial charge on any atom is 0.182 e. The predicted octanol–water partition coefficient (Wildman–Crippen LogP) is 4.10. The van der Waals surface area contributed by atoms with Gasteiger partial charge in [-0.1, -0.05) is 0 Å². The quantitative estimate of drug-likeness (QED) is 0.494. The van der Waals surface area contributed by atoms with Crippen LogP contribution in [0.2, 0.25) is 0 Å². The van der Waals surface area contributed by atoms with Crippen LogP contribution >= 0.6 is 0 Å². The molecule has 1 aliphatic carbocycles. The SMILES string of the molecule is COC1(c2nnc3ccc(-c4ocnc4-c4cc(F)c(F)cc4F)cn23)CC1. The van der Waals surface area contributed by atoms with Crippen LogP contribution in [0.25, 0.3) is 28.2 Å². The number of fused-ring (bicyclic) bond motifs is 1. The van der Waals surface area contributed by atoms with E-state index in [-0.39, 0.29) is 17.0 Å². The number of hydrogen-bond donors (Lipinski definition) is 0. The fourth-order valence-corrected chi connectivity index (χ4v) is 3.32. The van der Waals surface area contributed by atoms with Gasteiger partial charge in [-0.15, -0.1) is 10.2 Å². The zero-order valence-electron chi connectivity index (χ0n) is 14.6. The molecule has 0 radical (unpaired) electrons. The number of halogens is 3. The molecule has 0 N–H and O–H groups in total. The van der Waals surface area contributed by atoms with Crippen LogP contribution in [-0.4, -0.2) is 26.7 Å². The standard InChI is InChI=1S/C19H13F3N4O2/c1-27-19(4-5-19)18-25-24-15-3-2-10(8-26(15)18)17-16(23-9-28-17)11-6-13(21)14(22)7-12(11)20/h2-3,6-9H,4-5H2,1H3. The second-order valence-electron chi connectivity index (χ2n) is 6.64. The Morgan fingerprint density at radius 2 is 1.86 bits per heavy atom. The van der Waals surface area contributed by atoms with Crippen molar-refractivity contribution in [3.05, 3.63) is 60.1 Å². The Morgan fingerprint density at radius 3 is 2.61 bits per heavy atom. The average Bonchev–Trinajstić information content (AvgIpc) is 3.13. The number of oxazole rings is 1. The van der Waals surface area contributed by atoms with Crippen molar-refractivity contribution < 1.29 is 22.3 Å². The Morgan fingerprint density at radius 1 is 1.07 bits per heavy atom. The van der Waals surface area contributed by atoms with E-state index >= 15 is 0 Å². The molecular weight excluding hydrogens is 373 g/mol. The molecule has 3 aromatic heterocycles. The summed E-state index contributed by atoms with van der Waals surface area (Å²) in [5, 5.41) is 8.38. The van der Waals surface area contributed by atoms with Crippen molar-refractivity contribution in [3.63, 3.8) is 0 Å². The zero-order chi connectivity index (χ0) is 19.5. The highest BCUT2D eigenvalue weighted by atomic mass is 19.2. The van der Waals surface area contributed by atoms with Crippen LogP contribution in [0.4, 0.5) is 13.2 Å². The van der Waals surface area contributed by atoms with Crippen molar-refractivity contribution in [2.24, 2.45) is 0 Å². The predicted molar refractivity (Wildman–Crippen MR) is 91.7 cm³/mol. The molecule has 6 nitrogen and oxygen atoms in total. The lowest BCUT2D eigenvalue weighted by Gasteiger charge is -2.11. The number of methoxy groups -OCH3 is 1. The molecule has 4 aromatic rings. The van der Waals surface area contributed by atoms with Gasteiger partial charge in [-0.05, 0) is 31.0 Å². The highest BCUT2D eigenvalue weighted by molar-refractivity contribution is 5.77. The highest BCUT2D eigenvalue weighted by Crippen LogP contribution is 2.48. The third-order valence-corrected chi connectivity index (χ3v) is 5.00. The number of pyridine rings is 1. The van der Waals surface area contributed by atoms with Gasteiger partial charge in [-0.3, -0.25) is 4.40 Å². The molecule has 142 valence electrons. The number of aromatic nitrogens is 4. The maximum atomic E-state index is 14.2. The molecule has 9 heteroatoms. The molecule has 0 saturated heterocycles. The zero-order valence-corrected chi connectivity index (χ0v) is 14.6. The third-order valence-electron chi connectivity index (χ3n) is 5.00. The van der Waals surface area contributed by atoms with Crippen LogP contribution in [0.1, 0.15) is 18.7 Å². The molecule has 1 saturated carbocycles. The Labute approximate surface area is 156 Å². The van der Waals surface area contributed by atoms with E-state index in [1.165, 1.54) is 0 Å². The van der Waals surface area contributed by atoms with E-state index in [0.29, 0.717) is 23.1 Å². The van der Waals surface area contributed by atoms with Crippen LogP contribution in [0.15, 0.2) is 41.3 Å². The first-order valence-electron chi connectivity index (χ1n) is 8.51. The minimum Gasteiger partial charge on any atom is -0.443 e. The molecule has 0 amide bonds. The summed E-state index contributed by atoms with van der Waals surface area (Å²) in [5.41, 5.74) is 0.578. The lowest BCUT2D eigenvalue weighted by molar-refractivity contribution is 0.0702. The Kier molecular flexibility index (Phi) is 3.57. The van der Waals surface area contributed by atoms with Crippen molar-refractivity contribution in [2.75, 3.05) is 7.11 Å². The van der Waals surface area contributed by atoms with Gasteiger partial charge in [0.25, 0.3) is 0 Å². The van der Waals surface area contributed by atoms with E-state index < -0.39 is 23.1 Å². The molecule has 1 aromatic carbocycles. The van der Waals surface area contributed by atoms with Gasteiger partial charge in [-0.25, -0.2) is 18.2 Å². The lowest BCUT2D eigenvalue weighted by atomic mass is 10.1. The number of hydrogen-bond acceptors (Lipinski definition) is 5. The number of nitrogens with zero attached hydrogens (tertiary/aromatic N) is 4. The summed E-state index contributed by atoms with van der Waals surface area (Å²) in [4.78, 5) is 4.00. The largest absolute Gasteiger partial charge is 0.443 e. The smallest absolute Gasteiger partial charge is 0.182 e. The number of benzene rings is 1. The van der Waals surface area contributed by atoms with E-state index in [1.54, 1.807) is 29.8 Å². The second kappa shape index (κ2) is 5.90. The molecule has 1 fully saturated rings. The van der Waals surface area contributed by atoms with Gasteiger partial charge in [-0.2, -0.15) is 0 Å². The molecule has 3 heterocycles. The molecule has 0 aliphatic heterocycles. The summed E-state index contributed by atoms with van der Waals surface area (Å²) in [6.45, 7) is 0. The van der Waals surface area contributed by atoms with Gasteiger partial charge in [0.05, 0.1) is 0 Å². The van der Waals surface area contributed by atoms with Crippen molar-refractivity contribution in [3.8, 4) is 22.6 Å². The lowest BCUT2D eigenvalue weighted by Crippen LogP contribution is -2.13. The fourth-order valence-electron chi connectivity index (χ4n) is 3.32. The Hall–Kier alpha value is -3.20. The molecule has 5 rings (SSSR count). The summed E-state index contributed by atoms with van der Waals surface area (Å²) in [6, 6.07) is 4.69. The minimum absolute atomic E-state index is 0.0678. The van der Waals surface area contributed by atoms with Crippen molar-refractivity contribution in [1.29, 1.82) is 0 Å². The van der Waals surface area contributed by atoms with Crippen LogP contribution < -0.4 is 0 Å². The maximum absolute atomic E-state index is 14.2. The van der Waals surface area contributed by atoms with Gasteiger partial charge in [0.2, 0.25) is 0 Å². The van der Waals surface area contributed by atoms with Crippen molar-refractivity contribution >= 4 is 5.65 Å². The first kappa shape index (κ1) is 16.9. The summed E-state index contributed by atoms with van der Waals surface area (Å²) in [6.07, 6.45) is 4.52. The highest BCUT2D eigenvalue weighted by Gasteiger charge is 2.49. The fraction of sp³-hybridized carbons (Fsp3) is 0.211. The second-order valence-corrected chi connectivity index (χ2v) is 6.64. The van der Waals surface area contributed by atoms with Gasteiger partial charge >= 0.3 is 0 Å². The topological polar surface area (TPSA) is 65.5 Å². The molecule has 0 unspecified atom stereocenters. The molecular formula is C19H13F3N4O2. The Balaban J connectivity index is 1.66.